The zero-order chi connectivity index (χ0) is 15.4. The number of carbonyl (C=O) groups excluding carboxylic acids is 2. The minimum Gasteiger partial charge on any atom is -0.469 e. The first kappa shape index (κ1) is 15.9. The van der Waals surface area contributed by atoms with Crippen molar-refractivity contribution in [2.75, 3.05) is 7.11 Å². The molecule has 0 radical (unpaired) electrons. The van der Waals surface area contributed by atoms with Gasteiger partial charge in [-0.3, -0.25) is 9.59 Å². The van der Waals surface area contributed by atoms with Gasteiger partial charge in [-0.2, -0.15) is 0 Å². The van der Waals surface area contributed by atoms with Crippen LogP contribution in [0.5, 0.6) is 0 Å². The van der Waals surface area contributed by atoms with Crippen LogP contribution in [0.3, 0.4) is 0 Å². The van der Waals surface area contributed by atoms with Crippen molar-refractivity contribution < 1.29 is 18.7 Å². The van der Waals surface area contributed by atoms with E-state index >= 15 is 0 Å². The van der Waals surface area contributed by atoms with Crippen molar-refractivity contribution in [3.05, 3.63) is 34.1 Å². The molecule has 0 atom stereocenters. The molecule has 0 saturated heterocycles. The minimum atomic E-state index is -0.543. The zero-order valence-corrected chi connectivity index (χ0v) is 13.3. The van der Waals surface area contributed by atoms with Gasteiger partial charge < -0.3 is 10.1 Å². The topological polar surface area (TPSA) is 55.4 Å². The van der Waals surface area contributed by atoms with E-state index in [0.29, 0.717) is 30.2 Å². The Balaban J connectivity index is 1.93. The number of rotatable bonds is 3. The van der Waals surface area contributed by atoms with Crippen LogP contribution in [0.2, 0.25) is 0 Å². The Labute approximate surface area is 131 Å². The van der Waals surface area contributed by atoms with Gasteiger partial charge in [0.1, 0.15) is 5.82 Å². The lowest BCUT2D eigenvalue weighted by molar-refractivity contribution is -0.146. The van der Waals surface area contributed by atoms with Crippen LogP contribution in [0.15, 0.2) is 22.7 Å². The van der Waals surface area contributed by atoms with Crippen molar-refractivity contribution >= 4 is 27.8 Å². The van der Waals surface area contributed by atoms with Gasteiger partial charge >= 0.3 is 5.97 Å². The summed E-state index contributed by atoms with van der Waals surface area (Å²) in [4.78, 5) is 23.5. The molecule has 6 heteroatoms. The standard InChI is InChI=1S/C15H17BrFNO3/c1-21-15(20)9-2-5-11(6-3-9)18-14(19)12-8-10(16)4-7-13(12)17/h4,7-9,11H,2-3,5-6H2,1H3,(H,18,19). The van der Waals surface area contributed by atoms with Gasteiger partial charge in [-0.1, -0.05) is 15.9 Å². The van der Waals surface area contributed by atoms with Gasteiger partial charge in [-0.05, 0) is 43.9 Å². The number of amides is 1. The third-order valence-electron chi connectivity index (χ3n) is 3.77. The van der Waals surface area contributed by atoms with E-state index in [9.17, 15) is 14.0 Å². The largest absolute Gasteiger partial charge is 0.469 e. The molecule has 0 heterocycles. The Kier molecular flexibility index (Phi) is 5.33. The summed E-state index contributed by atoms with van der Waals surface area (Å²) in [6, 6.07) is 4.24. The van der Waals surface area contributed by atoms with E-state index in [1.165, 1.54) is 19.2 Å². The SMILES string of the molecule is COC(=O)C1CCC(NC(=O)c2cc(Br)ccc2F)CC1. The summed E-state index contributed by atoms with van der Waals surface area (Å²) in [5.74, 6) is -1.25. The van der Waals surface area contributed by atoms with Gasteiger partial charge in [0.05, 0.1) is 18.6 Å². The molecular formula is C15H17BrFNO3. The second-order valence-corrected chi connectivity index (χ2v) is 6.09. The summed E-state index contributed by atoms with van der Waals surface area (Å²) in [6.45, 7) is 0. The number of carbonyl (C=O) groups is 2. The Bertz CT molecular complexity index is 542. The van der Waals surface area contributed by atoms with Crippen LogP contribution in [0.4, 0.5) is 4.39 Å². The molecule has 0 spiro atoms. The predicted molar refractivity (Wildman–Crippen MR) is 79.3 cm³/mol. The second kappa shape index (κ2) is 7.02. The molecular weight excluding hydrogens is 341 g/mol. The van der Waals surface area contributed by atoms with Gasteiger partial charge in [-0.15, -0.1) is 0 Å². The fraction of sp³-hybridized carbons (Fsp3) is 0.467. The highest BCUT2D eigenvalue weighted by atomic mass is 79.9. The predicted octanol–water partition coefficient (Wildman–Crippen LogP) is 3.05. The van der Waals surface area contributed by atoms with Gasteiger partial charge in [-0.25, -0.2) is 4.39 Å². The third-order valence-corrected chi connectivity index (χ3v) is 4.26. The lowest BCUT2D eigenvalue weighted by Gasteiger charge is -2.27. The molecule has 21 heavy (non-hydrogen) atoms. The van der Waals surface area contributed by atoms with Crippen molar-refractivity contribution in [3.8, 4) is 0 Å². The van der Waals surface area contributed by atoms with E-state index in [1.54, 1.807) is 6.07 Å². The van der Waals surface area contributed by atoms with E-state index < -0.39 is 11.7 Å². The molecule has 0 unspecified atom stereocenters. The lowest BCUT2D eigenvalue weighted by Crippen LogP contribution is -2.39. The van der Waals surface area contributed by atoms with Crippen molar-refractivity contribution in [1.82, 2.24) is 5.32 Å². The van der Waals surface area contributed by atoms with Crippen LogP contribution in [-0.2, 0) is 9.53 Å². The van der Waals surface area contributed by atoms with Gasteiger partial charge in [0.25, 0.3) is 5.91 Å². The maximum Gasteiger partial charge on any atom is 0.308 e. The van der Waals surface area contributed by atoms with E-state index in [4.69, 9.17) is 4.74 Å². The van der Waals surface area contributed by atoms with Crippen molar-refractivity contribution in [2.45, 2.75) is 31.7 Å². The molecule has 1 fully saturated rings. The average Bonchev–Trinajstić information content (AvgIpc) is 2.49. The number of methoxy groups -OCH3 is 1. The molecule has 1 aliphatic carbocycles. The zero-order valence-electron chi connectivity index (χ0n) is 11.7. The van der Waals surface area contributed by atoms with Gasteiger partial charge in [0, 0.05) is 10.5 Å². The van der Waals surface area contributed by atoms with E-state index in [1.807, 2.05) is 0 Å². The van der Waals surface area contributed by atoms with E-state index in [-0.39, 0.29) is 23.5 Å². The normalized spacial score (nSPS) is 21.7. The first-order valence-electron chi connectivity index (χ1n) is 6.85. The average molecular weight is 358 g/mol. The Hall–Kier alpha value is -1.43. The number of hydrogen-bond donors (Lipinski definition) is 1. The smallest absolute Gasteiger partial charge is 0.308 e. The van der Waals surface area contributed by atoms with E-state index in [2.05, 4.69) is 21.2 Å². The Morgan fingerprint density at radius 1 is 1.29 bits per heavy atom. The molecule has 114 valence electrons. The highest BCUT2D eigenvalue weighted by molar-refractivity contribution is 9.10. The van der Waals surface area contributed by atoms with Crippen LogP contribution >= 0.6 is 15.9 Å². The molecule has 0 aromatic heterocycles. The van der Waals surface area contributed by atoms with Crippen LogP contribution < -0.4 is 5.32 Å². The number of halogens is 2. The molecule has 4 nitrogen and oxygen atoms in total. The molecule has 1 aromatic carbocycles. The molecule has 1 N–H and O–H groups in total. The highest BCUT2D eigenvalue weighted by Gasteiger charge is 2.28. The number of benzene rings is 1. The van der Waals surface area contributed by atoms with Crippen molar-refractivity contribution in [2.24, 2.45) is 5.92 Å². The molecule has 2 rings (SSSR count). The summed E-state index contributed by atoms with van der Waals surface area (Å²) in [7, 11) is 1.38. The van der Waals surface area contributed by atoms with Crippen molar-refractivity contribution in [1.29, 1.82) is 0 Å². The fourth-order valence-electron chi connectivity index (χ4n) is 2.57. The number of esters is 1. The van der Waals surface area contributed by atoms with Crippen LogP contribution in [-0.4, -0.2) is 25.0 Å². The summed E-state index contributed by atoms with van der Waals surface area (Å²) in [6.07, 6.45) is 2.75. The maximum absolute atomic E-state index is 13.6. The van der Waals surface area contributed by atoms with Crippen LogP contribution in [0.25, 0.3) is 0 Å². The van der Waals surface area contributed by atoms with Crippen LogP contribution in [0.1, 0.15) is 36.0 Å². The molecule has 1 saturated carbocycles. The number of nitrogens with one attached hydrogen (secondary N) is 1. The van der Waals surface area contributed by atoms with Gasteiger partial charge in [0.15, 0.2) is 0 Å². The Morgan fingerprint density at radius 2 is 1.95 bits per heavy atom. The highest BCUT2D eigenvalue weighted by Crippen LogP contribution is 2.25. The lowest BCUT2D eigenvalue weighted by atomic mass is 9.86. The summed E-state index contributed by atoms with van der Waals surface area (Å²) < 4.78 is 19.0. The number of ether oxygens (including phenoxy) is 1. The molecule has 1 aliphatic rings. The Morgan fingerprint density at radius 3 is 2.57 bits per heavy atom. The quantitative estimate of drug-likeness (QED) is 0.845. The summed E-state index contributed by atoms with van der Waals surface area (Å²) in [5, 5.41) is 2.83. The van der Waals surface area contributed by atoms with Crippen LogP contribution in [0, 0.1) is 11.7 Å². The monoisotopic (exact) mass is 357 g/mol. The first-order chi connectivity index (χ1) is 10.0. The van der Waals surface area contributed by atoms with Crippen molar-refractivity contribution in [3.63, 3.8) is 0 Å². The molecule has 1 aromatic rings. The second-order valence-electron chi connectivity index (χ2n) is 5.17. The molecule has 1 amide bonds. The summed E-state index contributed by atoms with van der Waals surface area (Å²) in [5.41, 5.74) is 0.0273. The summed E-state index contributed by atoms with van der Waals surface area (Å²) >= 11 is 3.22. The van der Waals surface area contributed by atoms with Gasteiger partial charge in [0.2, 0.25) is 0 Å². The molecule has 0 aliphatic heterocycles. The minimum absolute atomic E-state index is 0.0273. The van der Waals surface area contributed by atoms with E-state index in [0.717, 1.165) is 0 Å². The third kappa shape index (κ3) is 4.03. The maximum atomic E-state index is 13.6. The number of hydrogen-bond acceptors (Lipinski definition) is 3. The fourth-order valence-corrected chi connectivity index (χ4v) is 2.94. The molecule has 0 bridgehead atoms. The first-order valence-corrected chi connectivity index (χ1v) is 7.64.